The molecule has 0 fully saturated rings. The molecular weight excluding hydrogens is 274 g/mol. The Balaban J connectivity index is 2.46. The lowest BCUT2D eigenvalue weighted by Crippen LogP contribution is -2.10. The molecule has 0 saturated carbocycles. The predicted molar refractivity (Wildman–Crippen MR) is 74.0 cm³/mol. The molecule has 0 atom stereocenters. The number of hydrogen-bond donors (Lipinski definition) is 0. The van der Waals surface area contributed by atoms with E-state index in [2.05, 4.69) is 14.5 Å². The minimum atomic E-state index is -0.778. The van der Waals surface area contributed by atoms with Crippen molar-refractivity contribution >= 4 is 11.9 Å². The first-order valence-electron chi connectivity index (χ1n) is 6.37. The fraction of sp³-hybridized carbons (Fsp3) is 0.267. The predicted octanol–water partition coefficient (Wildman–Crippen LogP) is 2.48. The SMILES string of the molecule is CCc1ccc(-c2nc(C(=O)OC)c(C(=O)OC)o2)cc1. The second-order valence-corrected chi connectivity index (χ2v) is 4.23. The molecule has 0 spiro atoms. The minimum Gasteiger partial charge on any atom is -0.464 e. The molecule has 2 aromatic rings. The number of nitrogens with zero attached hydrogens (tertiary/aromatic N) is 1. The number of benzene rings is 1. The van der Waals surface area contributed by atoms with E-state index in [1.165, 1.54) is 14.2 Å². The van der Waals surface area contributed by atoms with Crippen molar-refractivity contribution < 1.29 is 23.5 Å². The summed E-state index contributed by atoms with van der Waals surface area (Å²) in [5.41, 5.74) is 1.62. The van der Waals surface area contributed by atoms with Gasteiger partial charge in [-0.05, 0) is 24.1 Å². The second-order valence-electron chi connectivity index (χ2n) is 4.23. The van der Waals surface area contributed by atoms with Crippen molar-refractivity contribution in [2.24, 2.45) is 0 Å². The zero-order valence-corrected chi connectivity index (χ0v) is 12.0. The largest absolute Gasteiger partial charge is 0.464 e. The van der Waals surface area contributed by atoms with E-state index in [1.54, 1.807) is 0 Å². The summed E-state index contributed by atoms with van der Waals surface area (Å²) >= 11 is 0. The Kier molecular flexibility index (Phi) is 4.37. The summed E-state index contributed by atoms with van der Waals surface area (Å²) < 4.78 is 14.5. The zero-order valence-electron chi connectivity index (χ0n) is 12.0. The molecule has 0 radical (unpaired) electrons. The second kappa shape index (κ2) is 6.21. The van der Waals surface area contributed by atoms with E-state index in [4.69, 9.17) is 4.42 Å². The van der Waals surface area contributed by atoms with Crippen molar-refractivity contribution in [2.75, 3.05) is 14.2 Å². The Labute approximate surface area is 121 Å². The molecule has 1 aromatic carbocycles. The summed E-state index contributed by atoms with van der Waals surface area (Å²) in [6.07, 6.45) is 0.909. The van der Waals surface area contributed by atoms with Crippen LogP contribution in [0.1, 0.15) is 33.5 Å². The van der Waals surface area contributed by atoms with Gasteiger partial charge in [0.15, 0.2) is 0 Å². The van der Waals surface area contributed by atoms with Crippen LogP contribution >= 0.6 is 0 Å². The van der Waals surface area contributed by atoms with Gasteiger partial charge in [-0.3, -0.25) is 0 Å². The van der Waals surface area contributed by atoms with Gasteiger partial charge in [-0.2, -0.15) is 0 Å². The smallest absolute Gasteiger partial charge is 0.376 e. The van der Waals surface area contributed by atoms with Gasteiger partial charge in [-0.25, -0.2) is 14.6 Å². The van der Waals surface area contributed by atoms with Crippen molar-refractivity contribution in [3.05, 3.63) is 41.3 Å². The summed E-state index contributed by atoms with van der Waals surface area (Å²) in [6.45, 7) is 2.05. The molecule has 1 aromatic heterocycles. The van der Waals surface area contributed by atoms with Crippen LogP contribution in [0.5, 0.6) is 0 Å². The summed E-state index contributed by atoms with van der Waals surface area (Å²) in [5, 5.41) is 0. The molecule has 0 saturated heterocycles. The van der Waals surface area contributed by atoms with Gasteiger partial charge in [0.05, 0.1) is 14.2 Å². The van der Waals surface area contributed by atoms with Crippen LogP contribution in [0.2, 0.25) is 0 Å². The average Bonchev–Trinajstić information content (AvgIpc) is 2.98. The Morgan fingerprint density at radius 1 is 1.10 bits per heavy atom. The molecule has 0 aliphatic heterocycles. The fourth-order valence-corrected chi connectivity index (χ4v) is 1.79. The first kappa shape index (κ1) is 14.8. The van der Waals surface area contributed by atoms with Crippen LogP contribution in [-0.4, -0.2) is 31.1 Å². The maximum atomic E-state index is 11.6. The van der Waals surface area contributed by atoms with Crippen molar-refractivity contribution in [3.63, 3.8) is 0 Å². The van der Waals surface area contributed by atoms with Crippen LogP contribution in [0.3, 0.4) is 0 Å². The van der Waals surface area contributed by atoms with Crippen molar-refractivity contribution in [3.8, 4) is 11.5 Å². The van der Waals surface area contributed by atoms with E-state index in [-0.39, 0.29) is 17.3 Å². The van der Waals surface area contributed by atoms with Gasteiger partial charge in [0.2, 0.25) is 17.3 Å². The highest BCUT2D eigenvalue weighted by atomic mass is 16.5. The lowest BCUT2D eigenvalue weighted by molar-refractivity contribution is 0.0527. The zero-order chi connectivity index (χ0) is 15.4. The highest BCUT2D eigenvalue weighted by molar-refractivity contribution is 6.00. The van der Waals surface area contributed by atoms with Crippen molar-refractivity contribution in [2.45, 2.75) is 13.3 Å². The standard InChI is InChI=1S/C15H15NO5/c1-4-9-5-7-10(8-6-9)13-16-11(14(17)19-2)12(21-13)15(18)20-3/h5-8H,4H2,1-3H3. The normalized spacial score (nSPS) is 10.2. The summed E-state index contributed by atoms with van der Waals surface area (Å²) in [5.74, 6) is -1.63. The van der Waals surface area contributed by atoms with E-state index in [0.29, 0.717) is 5.56 Å². The van der Waals surface area contributed by atoms with Crippen molar-refractivity contribution in [1.82, 2.24) is 4.98 Å². The first-order chi connectivity index (χ1) is 10.1. The van der Waals surface area contributed by atoms with Gasteiger partial charge in [-0.15, -0.1) is 0 Å². The molecule has 6 heteroatoms. The van der Waals surface area contributed by atoms with Crippen LogP contribution in [0.4, 0.5) is 0 Å². The van der Waals surface area contributed by atoms with Gasteiger partial charge in [0.1, 0.15) is 0 Å². The molecule has 6 nitrogen and oxygen atoms in total. The fourth-order valence-electron chi connectivity index (χ4n) is 1.79. The van der Waals surface area contributed by atoms with E-state index < -0.39 is 11.9 Å². The third-order valence-corrected chi connectivity index (χ3v) is 2.99. The maximum absolute atomic E-state index is 11.6. The Hall–Kier alpha value is -2.63. The van der Waals surface area contributed by atoms with Crippen LogP contribution in [-0.2, 0) is 15.9 Å². The van der Waals surface area contributed by atoms with Crippen LogP contribution in [0.15, 0.2) is 28.7 Å². The molecule has 110 valence electrons. The average molecular weight is 289 g/mol. The lowest BCUT2D eigenvalue weighted by atomic mass is 10.1. The first-order valence-corrected chi connectivity index (χ1v) is 6.37. The molecule has 0 bridgehead atoms. The van der Waals surface area contributed by atoms with Gasteiger partial charge in [-0.1, -0.05) is 19.1 Å². The minimum absolute atomic E-state index is 0.165. The van der Waals surface area contributed by atoms with Crippen molar-refractivity contribution in [1.29, 1.82) is 0 Å². The maximum Gasteiger partial charge on any atom is 0.376 e. The lowest BCUT2D eigenvalue weighted by Gasteiger charge is -1.98. The molecule has 0 aliphatic rings. The number of oxazole rings is 1. The Morgan fingerprint density at radius 3 is 2.24 bits per heavy atom. The number of aromatic nitrogens is 1. The van der Waals surface area contributed by atoms with E-state index in [9.17, 15) is 9.59 Å². The number of hydrogen-bond acceptors (Lipinski definition) is 6. The number of carbonyl (C=O) groups excluding carboxylic acids is 2. The monoisotopic (exact) mass is 289 g/mol. The molecule has 1 heterocycles. The van der Waals surface area contributed by atoms with Gasteiger partial charge in [0, 0.05) is 5.56 Å². The molecule has 2 rings (SSSR count). The third-order valence-electron chi connectivity index (χ3n) is 2.99. The molecule has 0 amide bonds. The highest BCUT2D eigenvalue weighted by Gasteiger charge is 2.27. The topological polar surface area (TPSA) is 78.6 Å². The highest BCUT2D eigenvalue weighted by Crippen LogP contribution is 2.23. The number of aryl methyl sites for hydroxylation is 1. The number of esters is 2. The molecular formula is C15H15NO5. The molecule has 21 heavy (non-hydrogen) atoms. The van der Waals surface area contributed by atoms with Gasteiger partial charge >= 0.3 is 11.9 Å². The Bertz CT molecular complexity index is 624. The summed E-state index contributed by atoms with van der Waals surface area (Å²) in [7, 11) is 2.40. The summed E-state index contributed by atoms with van der Waals surface area (Å²) in [4.78, 5) is 27.3. The van der Waals surface area contributed by atoms with Crippen LogP contribution in [0, 0.1) is 0 Å². The quantitative estimate of drug-likeness (QED) is 0.804. The van der Waals surface area contributed by atoms with Gasteiger partial charge in [0.25, 0.3) is 0 Å². The number of methoxy groups -OCH3 is 2. The molecule has 0 N–H and O–H groups in total. The van der Waals surface area contributed by atoms with Crippen LogP contribution in [0.25, 0.3) is 11.5 Å². The van der Waals surface area contributed by atoms with E-state index in [1.807, 2.05) is 31.2 Å². The molecule has 0 unspecified atom stereocenters. The van der Waals surface area contributed by atoms with Gasteiger partial charge < -0.3 is 13.9 Å². The third kappa shape index (κ3) is 2.94. The summed E-state index contributed by atoms with van der Waals surface area (Å²) in [6, 6.07) is 7.48. The van der Waals surface area contributed by atoms with E-state index >= 15 is 0 Å². The number of ether oxygens (including phenoxy) is 2. The number of carbonyl (C=O) groups is 2. The van der Waals surface area contributed by atoms with E-state index in [0.717, 1.165) is 12.0 Å². The molecule has 0 aliphatic carbocycles. The van der Waals surface area contributed by atoms with Crippen LogP contribution < -0.4 is 0 Å². The number of rotatable bonds is 4. The Morgan fingerprint density at radius 2 is 1.71 bits per heavy atom.